The summed E-state index contributed by atoms with van der Waals surface area (Å²) in [6.45, 7) is 5.51. The van der Waals surface area contributed by atoms with Crippen LogP contribution in [0.25, 0.3) is 0 Å². The maximum atomic E-state index is 12.5. The van der Waals surface area contributed by atoms with E-state index in [4.69, 9.17) is 19.6 Å². The number of amides is 2. The summed E-state index contributed by atoms with van der Waals surface area (Å²) >= 11 is 0. The highest BCUT2D eigenvalue weighted by atomic mass is 16.5. The first-order valence-electron chi connectivity index (χ1n) is 8.03. The number of carbonyl (C=O) groups is 3. The molecule has 1 aromatic carbocycles. The fraction of sp³-hybridized carbons (Fsp3) is 0.278. The van der Waals surface area contributed by atoms with Crippen molar-refractivity contribution in [2.45, 2.75) is 20.8 Å². The molecule has 0 radical (unpaired) electrons. The fourth-order valence-corrected chi connectivity index (χ4v) is 2.39. The molecule has 3 N–H and O–H groups in total. The van der Waals surface area contributed by atoms with Gasteiger partial charge in [-0.05, 0) is 39.0 Å². The predicted molar refractivity (Wildman–Crippen MR) is 93.5 cm³/mol. The zero-order valence-electron chi connectivity index (χ0n) is 14.8. The van der Waals surface area contributed by atoms with Crippen molar-refractivity contribution >= 4 is 23.7 Å². The lowest BCUT2D eigenvalue weighted by Gasteiger charge is -2.07. The number of anilines is 1. The second kappa shape index (κ2) is 8.19. The molecule has 2 amide bonds. The number of nitrogens with two attached hydrogens (primary N) is 1. The summed E-state index contributed by atoms with van der Waals surface area (Å²) in [6, 6.07) is 6.49. The minimum absolute atomic E-state index is 0.0993. The molecule has 0 saturated carbocycles. The lowest BCUT2D eigenvalue weighted by molar-refractivity contribution is 0.0521. The molecule has 2 aromatic rings. The molecule has 0 fully saturated rings. The van der Waals surface area contributed by atoms with Gasteiger partial charge in [0.05, 0.1) is 13.2 Å². The van der Waals surface area contributed by atoms with Crippen LogP contribution < -0.4 is 15.8 Å². The van der Waals surface area contributed by atoms with Crippen LogP contribution >= 0.6 is 0 Å². The van der Waals surface area contributed by atoms with Crippen molar-refractivity contribution in [1.29, 1.82) is 0 Å². The van der Waals surface area contributed by atoms with Gasteiger partial charge < -0.3 is 19.6 Å². The number of hydrogen-bond acceptors (Lipinski definition) is 6. The first kappa shape index (κ1) is 19.0. The second-order valence-corrected chi connectivity index (χ2v) is 5.24. The summed E-state index contributed by atoms with van der Waals surface area (Å²) in [5.41, 5.74) is 5.33. The summed E-state index contributed by atoms with van der Waals surface area (Å²) in [6.07, 6.45) is 0. The highest BCUT2D eigenvalue weighted by Crippen LogP contribution is 2.28. The lowest BCUT2D eigenvalue weighted by atomic mass is 10.1. The van der Waals surface area contributed by atoms with Gasteiger partial charge in [-0.15, -0.1) is 0 Å². The molecule has 0 atom stereocenters. The monoisotopic (exact) mass is 360 g/mol. The van der Waals surface area contributed by atoms with Crippen LogP contribution in [0.15, 0.2) is 28.7 Å². The number of aryl methyl sites for hydroxylation is 1. The average molecular weight is 360 g/mol. The molecule has 0 aliphatic rings. The molecule has 138 valence electrons. The maximum Gasteiger partial charge on any atom is 0.342 e. The smallest absolute Gasteiger partial charge is 0.342 e. The second-order valence-electron chi connectivity index (χ2n) is 5.24. The number of carbonyl (C=O) groups excluding carboxylic acids is 3. The van der Waals surface area contributed by atoms with Gasteiger partial charge in [-0.2, -0.15) is 0 Å². The molecular formula is C18H20N2O6. The van der Waals surface area contributed by atoms with Crippen molar-refractivity contribution in [2.75, 3.05) is 18.5 Å². The Kier molecular flexibility index (Phi) is 6.00. The number of benzene rings is 1. The van der Waals surface area contributed by atoms with Gasteiger partial charge in [-0.3, -0.25) is 14.9 Å². The van der Waals surface area contributed by atoms with Gasteiger partial charge in [-0.1, -0.05) is 6.07 Å². The summed E-state index contributed by atoms with van der Waals surface area (Å²) in [7, 11) is 0. The Balaban J connectivity index is 2.36. The highest BCUT2D eigenvalue weighted by molar-refractivity contribution is 6.12. The number of esters is 1. The molecule has 8 heteroatoms. The van der Waals surface area contributed by atoms with Gasteiger partial charge >= 0.3 is 5.97 Å². The Labute approximate surface area is 150 Å². The van der Waals surface area contributed by atoms with E-state index >= 15 is 0 Å². The largest absolute Gasteiger partial charge is 0.494 e. The Morgan fingerprint density at radius 1 is 1.15 bits per heavy atom. The van der Waals surface area contributed by atoms with Crippen LogP contribution in [0.2, 0.25) is 0 Å². The van der Waals surface area contributed by atoms with Crippen LogP contribution in [0, 0.1) is 6.92 Å². The van der Waals surface area contributed by atoms with Crippen LogP contribution in [0.3, 0.4) is 0 Å². The fourth-order valence-electron chi connectivity index (χ4n) is 2.39. The van der Waals surface area contributed by atoms with E-state index < -0.39 is 17.8 Å². The predicted octanol–water partition coefficient (Wildman–Crippen LogP) is 2.51. The molecule has 0 aliphatic heterocycles. The Morgan fingerprint density at radius 2 is 1.88 bits per heavy atom. The third-order valence-electron chi connectivity index (χ3n) is 3.44. The molecule has 26 heavy (non-hydrogen) atoms. The Hall–Kier alpha value is -3.29. The van der Waals surface area contributed by atoms with Crippen molar-refractivity contribution in [3.05, 3.63) is 46.7 Å². The van der Waals surface area contributed by atoms with Gasteiger partial charge in [0, 0.05) is 5.56 Å². The molecular weight excluding hydrogens is 340 g/mol. The average Bonchev–Trinajstić information content (AvgIpc) is 2.92. The summed E-state index contributed by atoms with van der Waals surface area (Å²) in [4.78, 5) is 36.3. The number of hydrogen-bond donors (Lipinski definition) is 2. The number of rotatable bonds is 7. The lowest BCUT2D eigenvalue weighted by Crippen LogP contribution is -2.20. The van der Waals surface area contributed by atoms with Crippen LogP contribution in [-0.2, 0) is 4.74 Å². The molecule has 0 aliphatic carbocycles. The normalized spacial score (nSPS) is 10.3. The van der Waals surface area contributed by atoms with E-state index in [9.17, 15) is 14.4 Å². The number of primary amides is 1. The molecule has 0 spiro atoms. The molecule has 1 aromatic heterocycles. The number of nitrogens with one attached hydrogen (secondary N) is 1. The minimum Gasteiger partial charge on any atom is -0.494 e. The van der Waals surface area contributed by atoms with Crippen LogP contribution in [-0.4, -0.2) is 31.0 Å². The van der Waals surface area contributed by atoms with Crippen LogP contribution in [0.5, 0.6) is 5.75 Å². The van der Waals surface area contributed by atoms with Gasteiger partial charge in [0.25, 0.3) is 11.8 Å². The van der Waals surface area contributed by atoms with E-state index in [0.29, 0.717) is 12.4 Å². The topological polar surface area (TPSA) is 121 Å². The summed E-state index contributed by atoms with van der Waals surface area (Å²) < 4.78 is 15.6. The Morgan fingerprint density at radius 3 is 2.50 bits per heavy atom. The first-order valence-corrected chi connectivity index (χ1v) is 8.03. The zero-order valence-corrected chi connectivity index (χ0v) is 14.8. The zero-order chi connectivity index (χ0) is 19.3. The third kappa shape index (κ3) is 4.02. The molecule has 0 unspecified atom stereocenters. The van der Waals surface area contributed by atoms with Crippen molar-refractivity contribution in [2.24, 2.45) is 5.73 Å². The van der Waals surface area contributed by atoms with E-state index in [1.54, 1.807) is 31.2 Å². The maximum absolute atomic E-state index is 12.5. The van der Waals surface area contributed by atoms with Crippen LogP contribution in [0.4, 0.5) is 5.88 Å². The van der Waals surface area contributed by atoms with Crippen LogP contribution in [0.1, 0.15) is 50.7 Å². The van der Waals surface area contributed by atoms with E-state index in [-0.39, 0.29) is 34.9 Å². The van der Waals surface area contributed by atoms with Crippen molar-refractivity contribution < 1.29 is 28.3 Å². The molecule has 8 nitrogen and oxygen atoms in total. The van der Waals surface area contributed by atoms with E-state index in [0.717, 1.165) is 0 Å². The summed E-state index contributed by atoms with van der Waals surface area (Å²) in [5.74, 6) is -1.76. The van der Waals surface area contributed by atoms with Gasteiger partial charge in [-0.25, -0.2) is 4.79 Å². The van der Waals surface area contributed by atoms with Crippen molar-refractivity contribution in [1.82, 2.24) is 0 Å². The molecule has 2 rings (SSSR count). The van der Waals surface area contributed by atoms with Gasteiger partial charge in [0.2, 0.25) is 5.88 Å². The quantitative estimate of drug-likeness (QED) is 0.732. The van der Waals surface area contributed by atoms with E-state index in [2.05, 4.69) is 5.32 Å². The molecule has 1 heterocycles. The van der Waals surface area contributed by atoms with Gasteiger partial charge in [0.15, 0.2) is 0 Å². The number of ether oxygens (including phenoxy) is 2. The molecule has 0 saturated heterocycles. The van der Waals surface area contributed by atoms with E-state index in [1.165, 1.54) is 6.92 Å². The summed E-state index contributed by atoms with van der Waals surface area (Å²) in [5, 5.41) is 2.47. The highest BCUT2D eigenvalue weighted by Gasteiger charge is 2.29. The van der Waals surface area contributed by atoms with E-state index in [1.807, 2.05) is 6.92 Å². The molecule has 0 bridgehead atoms. The SMILES string of the molecule is CCOC(=O)c1c(C)oc(NC(=O)c2cccc(OCC)c2)c1C(N)=O. The van der Waals surface area contributed by atoms with Gasteiger partial charge in [0.1, 0.15) is 22.6 Å². The first-order chi connectivity index (χ1) is 12.4. The standard InChI is InChI=1S/C18H20N2O6/c1-4-24-12-8-6-7-11(9-12)16(22)20-17-14(15(19)21)13(10(3)26-17)18(23)25-5-2/h6-9H,4-5H2,1-3H3,(H2,19,21)(H,20,22). The Bertz CT molecular complexity index is 840. The minimum atomic E-state index is -0.914. The third-order valence-corrected chi connectivity index (χ3v) is 3.44. The van der Waals surface area contributed by atoms with Crippen molar-refractivity contribution in [3.8, 4) is 5.75 Å². The van der Waals surface area contributed by atoms with Crippen molar-refractivity contribution in [3.63, 3.8) is 0 Å². The number of furan rings is 1.